The van der Waals surface area contributed by atoms with Crippen LogP contribution in [0.4, 0.5) is 0 Å². The van der Waals surface area contributed by atoms with E-state index in [0.717, 1.165) is 35.6 Å². The molecule has 1 saturated carbocycles. The van der Waals surface area contributed by atoms with Crippen molar-refractivity contribution in [2.45, 2.75) is 51.9 Å². The number of ether oxygens (including phenoxy) is 1. The normalized spacial score (nSPS) is 18.7. The number of carbonyl (C=O) groups excluding carboxylic acids is 1. The van der Waals surface area contributed by atoms with E-state index in [2.05, 4.69) is 30.3 Å². The van der Waals surface area contributed by atoms with Gasteiger partial charge in [-0.25, -0.2) is 0 Å². The molecule has 0 aromatic heterocycles. The summed E-state index contributed by atoms with van der Waals surface area (Å²) in [5, 5.41) is 3.86. The fraction of sp³-hybridized carbons (Fsp3) is 0.522. The van der Waals surface area contributed by atoms with Gasteiger partial charge in [0.25, 0.3) is 0 Å². The third-order valence-corrected chi connectivity index (χ3v) is 8.81. The number of fused-ring (bicyclic) bond motifs is 1. The molecule has 0 atom stereocenters. The van der Waals surface area contributed by atoms with Gasteiger partial charge in [-0.05, 0) is 61.2 Å². The van der Waals surface area contributed by atoms with Gasteiger partial charge in [0.2, 0.25) is 0 Å². The summed E-state index contributed by atoms with van der Waals surface area (Å²) in [7, 11) is -0.121. The minimum Gasteiger partial charge on any atom is -0.492 e. The third-order valence-electron chi connectivity index (χ3n) is 6.05. The van der Waals surface area contributed by atoms with Crippen LogP contribution in [0.3, 0.4) is 0 Å². The molecule has 4 rings (SSSR count). The van der Waals surface area contributed by atoms with Crippen LogP contribution in [0.15, 0.2) is 30.3 Å². The lowest BCUT2D eigenvalue weighted by Crippen LogP contribution is -2.12. The molecule has 0 amide bonds. The largest absolute Gasteiger partial charge is 0.492 e. The summed E-state index contributed by atoms with van der Waals surface area (Å²) >= 11 is 0. The molecule has 1 aliphatic carbocycles. The van der Waals surface area contributed by atoms with Gasteiger partial charge in [0.1, 0.15) is 5.75 Å². The highest BCUT2D eigenvalue weighted by Gasteiger charge is 2.23. The third kappa shape index (κ3) is 3.67. The van der Waals surface area contributed by atoms with Crippen molar-refractivity contribution < 1.29 is 9.53 Å². The van der Waals surface area contributed by atoms with E-state index in [-0.39, 0.29) is 13.7 Å². The Labute approximate surface area is 158 Å². The first-order chi connectivity index (χ1) is 12.7. The molecule has 0 unspecified atom stereocenters. The second kappa shape index (κ2) is 8.09. The van der Waals surface area contributed by atoms with Gasteiger partial charge in [0.15, 0.2) is 5.78 Å². The number of hydrogen-bond acceptors (Lipinski definition) is 2. The molecule has 26 heavy (non-hydrogen) atoms. The van der Waals surface area contributed by atoms with Crippen LogP contribution in [-0.2, 0) is 0 Å². The standard InChI is InChI=1S/C23H29O2P/c1-17(24)21-16-22(26-14-6-7-15-26)19-10-4-5-11-20(19)23(21)25-13-12-18-8-2-3-9-18/h4-5,10-11,16,18H,2-3,6-9,12-15H2,1H3. The van der Waals surface area contributed by atoms with E-state index >= 15 is 0 Å². The Balaban J connectivity index is 1.69. The van der Waals surface area contributed by atoms with Gasteiger partial charge in [-0.3, -0.25) is 4.79 Å². The van der Waals surface area contributed by atoms with Crippen molar-refractivity contribution in [2.75, 3.05) is 18.9 Å². The van der Waals surface area contributed by atoms with E-state index in [4.69, 9.17) is 4.74 Å². The molecule has 0 radical (unpaired) electrons. The van der Waals surface area contributed by atoms with Gasteiger partial charge in [0.05, 0.1) is 12.2 Å². The van der Waals surface area contributed by atoms with Crippen molar-refractivity contribution in [2.24, 2.45) is 5.92 Å². The monoisotopic (exact) mass is 368 g/mol. The minimum absolute atomic E-state index is 0.121. The maximum atomic E-state index is 12.4. The molecule has 2 aromatic rings. The minimum atomic E-state index is -0.121. The van der Waals surface area contributed by atoms with Gasteiger partial charge in [-0.15, -0.1) is 0 Å². The van der Waals surface area contributed by atoms with Crippen LogP contribution in [0.1, 0.15) is 62.2 Å². The van der Waals surface area contributed by atoms with Crippen molar-refractivity contribution in [1.29, 1.82) is 0 Å². The summed E-state index contributed by atoms with van der Waals surface area (Å²) in [5.74, 6) is 1.76. The van der Waals surface area contributed by atoms with Crippen molar-refractivity contribution in [3.63, 3.8) is 0 Å². The molecule has 2 aromatic carbocycles. The number of carbonyl (C=O) groups is 1. The Morgan fingerprint density at radius 2 is 1.77 bits per heavy atom. The van der Waals surface area contributed by atoms with E-state index in [0.29, 0.717) is 0 Å². The quantitative estimate of drug-likeness (QED) is 0.468. The van der Waals surface area contributed by atoms with Crippen molar-refractivity contribution >= 4 is 29.8 Å². The molecule has 0 spiro atoms. The molecule has 138 valence electrons. The van der Waals surface area contributed by atoms with Crippen LogP contribution >= 0.6 is 7.92 Å². The summed E-state index contributed by atoms with van der Waals surface area (Å²) in [6.07, 6.45) is 11.8. The van der Waals surface area contributed by atoms with Crippen LogP contribution in [0.5, 0.6) is 5.75 Å². The molecule has 0 N–H and O–H groups in total. The average Bonchev–Trinajstić information content (AvgIpc) is 3.35. The number of hydrogen-bond donors (Lipinski definition) is 0. The lowest BCUT2D eigenvalue weighted by Gasteiger charge is -2.20. The molecule has 3 heteroatoms. The van der Waals surface area contributed by atoms with Gasteiger partial charge < -0.3 is 4.74 Å². The summed E-state index contributed by atoms with van der Waals surface area (Å²) in [5.41, 5.74) is 0.791. The van der Waals surface area contributed by atoms with E-state index in [9.17, 15) is 4.79 Å². The number of Topliss-reactive ketones (excluding diaryl/α,β-unsaturated/α-hetero) is 1. The summed E-state index contributed by atoms with van der Waals surface area (Å²) in [6, 6.07) is 10.7. The zero-order chi connectivity index (χ0) is 17.9. The highest BCUT2D eigenvalue weighted by Crippen LogP contribution is 2.46. The summed E-state index contributed by atoms with van der Waals surface area (Å²) < 4.78 is 6.28. The Morgan fingerprint density at radius 1 is 1.08 bits per heavy atom. The van der Waals surface area contributed by atoms with Gasteiger partial charge >= 0.3 is 0 Å². The fourth-order valence-corrected chi connectivity index (χ4v) is 7.36. The lowest BCUT2D eigenvalue weighted by atomic mass is 10.0. The van der Waals surface area contributed by atoms with Crippen LogP contribution in [0.25, 0.3) is 10.8 Å². The smallest absolute Gasteiger partial charge is 0.163 e. The fourth-order valence-electron chi connectivity index (χ4n) is 4.59. The van der Waals surface area contributed by atoms with Crippen molar-refractivity contribution in [3.8, 4) is 5.75 Å². The first kappa shape index (κ1) is 18.0. The van der Waals surface area contributed by atoms with Crippen LogP contribution in [0, 0.1) is 5.92 Å². The van der Waals surface area contributed by atoms with Crippen LogP contribution < -0.4 is 10.0 Å². The Bertz CT molecular complexity index is 786. The Kier molecular flexibility index (Phi) is 5.60. The molecular formula is C23H29O2P. The van der Waals surface area contributed by atoms with E-state index in [1.54, 1.807) is 6.92 Å². The van der Waals surface area contributed by atoms with E-state index in [1.807, 2.05) is 0 Å². The summed E-state index contributed by atoms with van der Waals surface area (Å²) in [4.78, 5) is 12.4. The Morgan fingerprint density at radius 3 is 2.46 bits per heavy atom. The molecule has 1 aliphatic heterocycles. The molecule has 2 aliphatic rings. The Hall–Kier alpha value is -1.40. The molecular weight excluding hydrogens is 339 g/mol. The molecule has 1 heterocycles. The zero-order valence-electron chi connectivity index (χ0n) is 15.8. The second-order valence-corrected chi connectivity index (χ2v) is 10.3. The average molecular weight is 368 g/mol. The van der Waals surface area contributed by atoms with Crippen molar-refractivity contribution in [3.05, 3.63) is 35.9 Å². The predicted octanol–water partition coefficient (Wildman–Crippen LogP) is 5.90. The van der Waals surface area contributed by atoms with Crippen molar-refractivity contribution in [1.82, 2.24) is 0 Å². The maximum absolute atomic E-state index is 12.4. The first-order valence-electron chi connectivity index (χ1n) is 10.2. The lowest BCUT2D eigenvalue weighted by molar-refractivity contribution is 0.101. The van der Waals surface area contributed by atoms with Crippen LogP contribution in [0.2, 0.25) is 0 Å². The summed E-state index contributed by atoms with van der Waals surface area (Å²) in [6.45, 7) is 2.41. The molecule has 2 fully saturated rings. The van der Waals surface area contributed by atoms with Gasteiger partial charge in [-0.1, -0.05) is 57.9 Å². The first-order valence-corrected chi connectivity index (χ1v) is 11.9. The number of ketones is 1. The highest BCUT2D eigenvalue weighted by molar-refractivity contribution is 7.66. The SMILES string of the molecule is CC(=O)c1cc(P2CCCC2)c2ccccc2c1OCCC1CCCC1. The highest BCUT2D eigenvalue weighted by atomic mass is 31.1. The second-order valence-electron chi connectivity index (χ2n) is 7.86. The van der Waals surface area contributed by atoms with Crippen LogP contribution in [-0.4, -0.2) is 24.7 Å². The maximum Gasteiger partial charge on any atom is 0.163 e. The van der Waals surface area contributed by atoms with Gasteiger partial charge in [0, 0.05) is 5.39 Å². The number of benzene rings is 2. The zero-order valence-corrected chi connectivity index (χ0v) is 16.7. The number of rotatable bonds is 6. The molecule has 1 saturated heterocycles. The predicted molar refractivity (Wildman–Crippen MR) is 112 cm³/mol. The van der Waals surface area contributed by atoms with E-state index in [1.165, 1.54) is 61.5 Å². The molecule has 2 nitrogen and oxygen atoms in total. The van der Waals surface area contributed by atoms with E-state index < -0.39 is 0 Å². The van der Waals surface area contributed by atoms with Gasteiger partial charge in [-0.2, -0.15) is 0 Å². The molecule has 0 bridgehead atoms. The topological polar surface area (TPSA) is 26.3 Å².